The van der Waals surface area contributed by atoms with Gasteiger partial charge in [0.2, 0.25) is 0 Å². The second-order valence-electron chi connectivity index (χ2n) is 4.81. The van der Waals surface area contributed by atoms with Crippen molar-refractivity contribution in [2.45, 2.75) is 0 Å². The molecule has 2 aromatic carbocycles. The number of carbonyl (C=O) groups is 1. The highest BCUT2D eigenvalue weighted by molar-refractivity contribution is 6.30. The summed E-state index contributed by atoms with van der Waals surface area (Å²) in [6.07, 6.45) is 0. The number of nitrogens with zero attached hydrogens (tertiary/aromatic N) is 1. The zero-order valence-corrected chi connectivity index (χ0v) is 12.7. The Labute approximate surface area is 137 Å². The first-order valence-electron chi connectivity index (χ1n) is 6.72. The molecule has 0 bridgehead atoms. The minimum Gasteiger partial charge on any atom is -0.457 e. The molecule has 0 aliphatic heterocycles. The summed E-state index contributed by atoms with van der Waals surface area (Å²) < 4.78 is 5.70. The van der Waals surface area contributed by atoms with Gasteiger partial charge in [0, 0.05) is 10.6 Å². The molecule has 0 atom stereocenters. The topological polar surface area (TPSA) is 107 Å². The van der Waals surface area contributed by atoms with Gasteiger partial charge >= 0.3 is 0 Å². The highest BCUT2D eigenvalue weighted by atomic mass is 35.5. The predicted molar refractivity (Wildman–Crippen MR) is 88.5 cm³/mol. The van der Waals surface area contributed by atoms with Gasteiger partial charge in [-0.05, 0) is 48.5 Å². The third kappa shape index (κ3) is 3.12. The van der Waals surface area contributed by atoms with Crippen LogP contribution < -0.4 is 16.2 Å². The lowest BCUT2D eigenvalue weighted by Gasteiger charge is -2.06. The van der Waals surface area contributed by atoms with Crippen LogP contribution in [-0.4, -0.2) is 16.1 Å². The standard InChI is InChI=1S/C16H13ClN4O2/c17-10-3-7-12(8-4-10)23-11-5-1-9(2-6-11)14-13(16(19)22)15(18)21-20-14/h1-8H,(H2,19,22)(H3,18,20,21). The average Bonchev–Trinajstić information content (AvgIpc) is 2.92. The summed E-state index contributed by atoms with van der Waals surface area (Å²) in [6.45, 7) is 0. The number of ether oxygens (including phenoxy) is 1. The molecule has 3 aromatic rings. The molecular formula is C16H13ClN4O2. The fourth-order valence-corrected chi connectivity index (χ4v) is 2.26. The molecule has 0 radical (unpaired) electrons. The van der Waals surface area contributed by atoms with Crippen molar-refractivity contribution in [2.24, 2.45) is 5.73 Å². The largest absolute Gasteiger partial charge is 0.457 e. The number of amides is 1. The molecule has 0 saturated heterocycles. The maximum atomic E-state index is 11.5. The lowest BCUT2D eigenvalue weighted by Crippen LogP contribution is -2.13. The van der Waals surface area contributed by atoms with Gasteiger partial charge in [-0.1, -0.05) is 11.6 Å². The predicted octanol–water partition coefficient (Wildman–Crippen LogP) is 3.20. The average molecular weight is 329 g/mol. The summed E-state index contributed by atoms with van der Waals surface area (Å²) in [4.78, 5) is 11.5. The molecule has 116 valence electrons. The fraction of sp³-hybridized carbons (Fsp3) is 0. The van der Waals surface area contributed by atoms with Gasteiger partial charge in [-0.3, -0.25) is 9.89 Å². The maximum Gasteiger partial charge on any atom is 0.254 e. The van der Waals surface area contributed by atoms with Crippen LogP contribution in [0, 0.1) is 0 Å². The number of rotatable bonds is 4. The van der Waals surface area contributed by atoms with Crippen LogP contribution in [0.3, 0.4) is 0 Å². The molecule has 0 aliphatic rings. The van der Waals surface area contributed by atoms with Crippen molar-refractivity contribution < 1.29 is 9.53 Å². The highest BCUT2D eigenvalue weighted by Crippen LogP contribution is 2.28. The van der Waals surface area contributed by atoms with Crippen LogP contribution in [0.1, 0.15) is 10.4 Å². The van der Waals surface area contributed by atoms with Crippen molar-refractivity contribution in [3.63, 3.8) is 0 Å². The summed E-state index contributed by atoms with van der Waals surface area (Å²) in [5.41, 5.74) is 12.3. The van der Waals surface area contributed by atoms with Crippen molar-refractivity contribution >= 4 is 23.3 Å². The first kappa shape index (κ1) is 14.9. The van der Waals surface area contributed by atoms with E-state index in [1.54, 1.807) is 48.5 Å². The molecule has 1 amide bonds. The number of carbonyl (C=O) groups excluding carboxylic acids is 1. The van der Waals surface area contributed by atoms with Crippen LogP contribution >= 0.6 is 11.6 Å². The van der Waals surface area contributed by atoms with Gasteiger partial charge in [0.1, 0.15) is 28.6 Å². The van der Waals surface area contributed by atoms with Crippen molar-refractivity contribution in [1.82, 2.24) is 10.2 Å². The van der Waals surface area contributed by atoms with E-state index in [-0.39, 0.29) is 11.4 Å². The molecule has 6 nitrogen and oxygen atoms in total. The smallest absolute Gasteiger partial charge is 0.254 e. The Hall–Kier alpha value is -2.99. The van der Waals surface area contributed by atoms with E-state index in [1.165, 1.54) is 0 Å². The van der Waals surface area contributed by atoms with Gasteiger partial charge in [-0.25, -0.2) is 0 Å². The Morgan fingerprint density at radius 2 is 1.61 bits per heavy atom. The molecule has 0 unspecified atom stereocenters. The van der Waals surface area contributed by atoms with E-state index < -0.39 is 5.91 Å². The Balaban J connectivity index is 1.85. The molecule has 3 rings (SSSR count). The number of hydrogen-bond donors (Lipinski definition) is 3. The Morgan fingerprint density at radius 1 is 1.04 bits per heavy atom. The summed E-state index contributed by atoms with van der Waals surface area (Å²) in [5, 5.41) is 7.23. The van der Waals surface area contributed by atoms with Crippen molar-refractivity contribution in [1.29, 1.82) is 0 Å². The normalized spacial score (nSPS) is 10.5. The van der Waals surface area contributed by atoms with Crippen LogP contribution in [-0.2, 0) is 0 Å². The monoisotopic (exact) mass is 328 g/mol. The van der Waals surface area contributed by atoms with E-state index in [4.69, 9.17) is 27.8 Å². The van der Waals surface area contributed by atoms with E-state index in [9.17, 15) is 4.79 Å². The molecule has 1 heterocycles. The number of aromatic amines is 1. The van der Waals surface area contributed by atoms with E-state index in [1.807, 2.05) is 0 Å². The number of H-pyrrole nitrogens is 1. The lowest BCUT2D eigenvalue weighted by molar-refractivity contribution is 0.100. The first-order valence-corrected chi connectivity index (χ1v) is 7.10. The summed E-state index contributed by atoms with van der Waals surface area (Å²) in [6, 6.07) is 14.1. The van der Waals surface area contributed by atoms with Gasteiger partial charge in [-0.2, -0.15) is 5.10 Å². The minimum absolute atomic E-state index is 0.147. The molecule has 5 N–H and O–H groups in total. The number of nitrogen functional groups attached to an aromatic ring is 1. The number of hydrogen-bond acceptors (Lipinski definition) is 4. The van der Waals surface area contributed by atoms with Crippen LogP contribution in [0.4, 0.5) is 5.82 Å². The zero-order chi connectivity index (χ0) is 16.4. The van der Waals surface area contributed by atoms with Gasteiger partial charge in [0.15, 0.2) is 0 Å². The third-order valence-corrected chi connectivity index (χ3v) is 3.47. The van der Waals surface area contributed by atoms with Crippen molar-refractivity contribution in [2.75, 3.05) is 5.73 Å². The van der Waals surface area contributed by atoms with Gasteiger partial charge in [0.05, 0.1) is 0 Å². The number of nitrogens with one attached hydrogen (secondary N) is 1. The fourth-order valence-electron chi connectivity index (χ4n) is 2.13. The number of anilines is 1. The minimum atomic E-state index is -0.632. The molecule has 0 spiro atoms. The number of benzene rings is 2. The number of halogens is 1. The second kappa shape index (κ2) is 6.02. The van der Waals surface area contributed by atoms with E-state index in [0.717, 1.165) is 0 Å². The number of aromatic nitrogens is 2. The van der Waals surface area contributed by atoms with Gasteiger partial charge < -0.3 is 16.2 Å². The highest BCUT2D eigenvalue weighted by Gasteiger charge is 2.17. The third-order valence-electron chi connectivity index (χ3n) is 3.22. The number of nitrogens with two attached hydrogens (primary N) is 2. The molecular weight excluding hydrogens is 316 g/mol. The van der Waals surface area contributed by atoms with E-state index in [0.29, 0.717) is 27.8 Å². The lowest BCUT2D eigenvalue weighted by atomic mass is 10.1. The molecule has 7 heteroatoms. The van der Waals surface area contributed by atoms with Crippen LogP contribution in [0.5, 0.6) is 11.5 Å². The van der Waals surface area contributed by atoms with Crippen molar-refractivity contribution in [3.05, 3.63) is 59.1 Å². The maximum absolute atomic E-state index is 11.5. The summed E-state index contributed by atoms with van der Waals surface area (Å²) >= 11 is 5.83. The van der Waals surface area contributed by atoms with Crippen LogP contribution in [0.25, 0.3) is 11.3 Å². The van der Waals surface area contributed by atoms with Gasteiger partial charge in [0.25, 0.3) is 5.91 Å². The van der Waals surface area contributed by atoms with Crippen LogP contribution in [0.15, 0.2) is 48.5 Å². The Bertz CT molecular complexity index is 842. The summed E-state index contributed by atoms with van der Waals surface area (Å²) in [7, 11) is 0. The molecule has 1 aromatic heterocycles. The van der Waals surface area contributed by atoms with Crippen LogP contribution in [0.2, 0.25) is 5.02 Å². The summed E-state index contributed by atoms with van der Waals surface area (Å²) in [5.74, 6) is 0.825. The Kier molecular flexibility index (Phi) is 3.91. The zero-order valence-electron chi connectivity index (χ0n) is 11.9. The quantitative estimate of drug-likeness (QED) is 0.683. The first-order chi connectivity index (χ1) is 11.0. The molecule has 0 fully saturated rings. The van der Waals surface area contributed by atoms with Gasteiger partial charge in [-0.15, -0.1) is 0 Å². The molecule has 0 saturated carbocycles. The SMILES string of the molecule is NC(=O)c1c(-c2ccc(Oc3ccc(Cl)cc3)cc2)n[nH]c1N. The molecule has 0 aliphatic carbocycles. The van der Waals surface area contributed by atoms with E-state index >= 15 is 0 Å². The Morgan fingerprint density at radius 3 is 2.17 bits per heavy atom. The van der Waals surface area contributed by atoms with Crippen molar-refractivity contribution in [3.8, 4) is 22.8 Å². The second-order valence-corrected chi connectivity index (χ2v) is 5.24. The van der Waals surface area contributed by atoms with E-state index in [2.05, 4.69) is 10.2 Å². The molecule has 23 heavy (non-hydrogen) atoms. The number of primary amides is 1.